The second-order valence-electron chi connectivity index (χ2n) is 7.99. The predicted octanol–water partition coefficient (Wildman–Crippen LogP) is 3.85. The number of hydrogen-bond donors (Lipinski definition) is 2. The number of benzene rings is 1. The van der Waals surface area contributed by atoms with Crippen LogP contribution in [0.5, 0.6) is 5.75 Å². The minimum atomic E-state index is -0.0259. The Morgan fingerprint density at radius 3 is 2.83 bits per heavy atom. The summed E-state index contributed by atoms with van der Waals surface area (Å²) in [5.74, 6) is 2.87. The van der Waals surface area contributed by atoms with Crippen molar-refractivity contribution in [1.29, 1.82) is 0 Å². The normalized spacial score (nSPS) is 19.7. The van der Waals surface area contributed by atoms with Crippen LogP contribution in [0.2, 0.25) is 0 Å². The smallest absolute Gasteiger partial charge is 0.191 e. The molecule has 2 aromatic rings. The molecule has 1 aromatic carbocycles. The molecule has 0 bridgehead atoms. The molecule has 8 heteroatoms. The zero-order valence-corrected chi connectivity index (χ0v) is 20.3. The van der Waals surface area contributed by atoms with Gasteiger partial charge in [-0.15, -0.1) is 34.2 Å². The highest BCUT2D eigenvalue weighted by Crippen LogP contribution is 2.46. The van der Waals surface area contributed by atoms with E-state index in [4.69, 9.17) is 9.73 Å². The molecule has 1 aliphatic heterocycles. The molecular weight excluding hydrogens is 491 g/mol. The highest BCUT2D eigenvalue weighted by molar-refractivity contribution is 14.0. The van der Waals surface area contributed by atoms with Crippen molar-refractivity contribution in [2.45, 2.75) is 70.6 Å². The van der Waals surface area contributed by atoms with Gasteiger partial charge < -0.3 is 19.9 Å². The van der Waals surface area contributed by atoms with Crippen molar-refractivity contribution in [2.24, 2.45) is 4.99 Å². The maximum atomic E-state index is 6.49. The van der Waals surface area contributed by atoms with E-state index < -0.39 is 0 Å². The van der Waals surface area contributed by atoms with Gasteiger partial charge in [0.15, 0.2) is 5.96 Å². The average Bonchev–Trinajstić information content (AvgIpc) is 3.37. The number of hydrogen-bond acceptors (Lipinski definition) is 4. The van der Waals surface area contributed by atoms with E-state index in [1.165, 1.54) is 18.4 Å². The zero-order chi connectivity index (χ0) is 20.1. The molecule has 30 heavy (non-hydrogen) atoms. The largest absolute Gasteiger partial charge is 0.487 e. The van der Waals surface area contributed by atoms with Crippen LogP contribution in [0.1, 0.15) is 63.4 Å². The van der Waals surface area contributed by atoms with Crippen molar-refractivity contribution in [3.63, 3.8) is 0 Å². The number of halogens is 1. The zero-order valence-electron chi connectivity index (χ0n) is 17.9. The first-order chi connectivity index (χ1) is 14.2. The molecule has 1 fully saturated rings. The number of aryl methyl sites for hydroxylation is 1. The first-order valence-corrected chi connectivity index (χ1v) is 10.9. The predicted molar refractivity (Wildman–Crippen MR) is 130 cm³/mol. The van der Waals surface area contributed by atoms with Crippen LogP contribution >= 0.6 is 24.0 Å². The van der Waals surface area contributed by atoms with Crippen molar-refractivity contribution in [3.8, 4) is 5.75 Å². The fourth-order valence-corrected chi connectivity index (χ4v) is 4.57. The standard InChI is InChI=1S/C22H32N6O.HI/c1-3-20-27-25-16-28(20)14-13-24-21(23-4-2)26-18-15-22(11-7-8-12-22)29-19-10-6-5-9-17(18)19;/h5-6,9-10,16,18H,3-4,7-8,11-15H2,1-2H3,(H2,23,24,26);1H. The maximum absolute atomic E-state index is 6.49. The van der Waals surface area contributed by atoms with Gasteiger partial charge in [0.1, 0.15) is 23.5 Å². The Morgan fingerprint density at radius 1 is 1.27 bits per heavy atom. The average molecular weight is 524 g/mol. The molecule has 1 atom stereocenters. The highest BCUT2D eigenvalue weighted by atomic mass is 127. The molecular formula is C22H33IN6O. The number of para-hydroxylation sites is 1. The third-order valence-electron chi connectivity index (χ3n) is 5.99. The van der Waals surface area contributed by atoms with Crippen LogP contribution in [-0.2, 0) is 13.0 Å². The third kappa shape index (κ3) is 5.07. The number of nitrogens with one attached hydrogen (secondary N) is 2. The van der Waals surface area contributed by atoms with Crippen molar-refractivity contribution in [1.82, 2.24) is 25.4 Å². The summed E-state index contributed by atoms with van der Waals surface area (Å²) in [6, 6.07) is 8.63. The molecule has 7 nitrogen and oxygen atoms in total. The Kier molecular flexibility index (Phi) is 7.96. The lowest BCUT2D eigenvalue weighted by Gasteiger charge is -2.40. The van der Waals surface area contributed by atoms with Crippen LogP contribution in [0.4, 0.5) is 0 Å². The third-order valence-corrected chi connectivity index (χ3v) is 5.99. The Hall–Kier alpha value is -1.84. The molecule has 1 spiro atoms. The quantitative estimate of drug-likeness (QED) is 0.341. The Balaban J connectivity index is 0.00000256. The number of nitrogens with zero attached hydrogens (tertiary/aromatic N) is 4. The maximum Gasteiger partial charge on any atom is 0.191 e. The Morgan fingerprint density at radius 2 is 2.07 bits per heavy atom. The molecule has 2 heterocycles. The summed E-state index contributed by atoms with van der Waals surface area (Å²) in [5, 5.41) is 15.3. The van der Waals surface area contributed by atoms with Crippen LogP contribution in [0.3, 0.4) is 0 Å². The van der Waals surface area contributed by atoms with Gasteiger partial charge in [0.05, 0.1) is 12.6 Å². The van der Waals surface area contributed by atoms with Crippen molar-refractivity contribution in [2.75, 3.05) is 13.1 Å². The van der Waals surface area contributed by atoms with E-state index in [0.29, 0.717) is 6.54 Å². The monoisotopic (exact) mass is 524 g/mol. The van der Waals surface area contributed by atoms with Gasteiger partial charge in [-0.3, -0.25) is 4.99 Å². The Labute approximate surface area is 196 Å². The number of guanidine groups is 1. The van der Waals surface area contributed by atoms with Crippen LogP contribution in [0.15, 0.2) is 35.6 Å². The fourth-order valence-electron chi connectivity index (χ4n) is 4.57. The van der Waals surface area contributed by atoms with Gasteiger partial charge >= 0.3 is 0 Å². The van der Waals surface area contributed by atoms with E-state index in [-0.39, 0.29) is 35.6 Å². The van der Waals surface area contributed by atoms with Gasteiger partial charge in [-0.1, -0.05) is 25.1 Å². The summed E-state index contributed by atoms with van der Waals surface area (Å²) in [4.78, 5) is 4.82. The highest BCUT2D eigenvalue weighted by Gasteiger charge is 2.43. The van der Waals surface area contributed by atoms with Gasteiger partial charge in [0.25, 0.3) is 0 Å². The van der Waals surface area contributed by atoms with Gasteiger partial charge in [-0.2, -0.15) is 0 Å². The van der Waals surface area contributed by atoms with Crippen molar-refractivity contribution >= 4 is 29.9 Å². The number of rotatable bonds is 6. The molecule has 0 radical (unpaired) electrons. The van der Waals surface area contributed by atoms with E-state index in [9.17, 15) is 0 Å². The molecule has 4 rings (SSSR count). The summed E-state index contributed by atoms with van der Waals surface area (Å²) in [7, 11) is 0. The summed E-state index contributed by atoms with van der Waals surface area (Å²) in [5.41, 5.74) is 1.20. The lowest BCUT2D eigenvalue weighted by molar-refractivity contribution is 0.0396. The SMILES string of the molecule is CCNC(=NCCn1cnnc1CC)NC1CC2(CCCC2)Oc2ccccc21.I. The van der Waals surface area contributed by atoms with Gasteiger partial charge in [-0.05, 0) is 38.7 Å². The molecule has 0 amide bonds. The van der Waals surface area contributed by atoms with Crippen LogP contribution in [0, 0.1) is 0 Å². The number of fused-ring (bicyclic) bond motifs is 1. The molecule has 1 saturated carbocycles. The first-order valence-electron chi connectivity index (χ1n) is 10.9. The number of aliphatic imine (C=N–C) groups is 1. The fraction of sp³-hybridized carbons (Fsp3) is 0.591. The lowest BCUT2D eigenvalue weighted by atomic mass is 9.86. The molecule has 1 unspecified atom stereocenters. The van der Waals surface area contributed by atoms with Crippen LogP contribution < -0.4 is 15.4 Å². The number of ether oxygens (including phenoxy) is 1. The molecule has 0 saturated heterocycles. The second kappa shape index (κ2) is 10.5. The van der Waals surface area contributed by atoms with E-state index in [0.717, 1.165) is 56.3 Å². The lowest BCUT2D eigenvalue weighted by Crippen LogP contribution is -2.46. The van der Waals surface area contributed by atoms with Crippen LogP contribution in [-0.4, -0.2) is 39.4 Å². The summed E-state index contributed by atoms with van der Waals surface area (Å²) < 4.78 is 8.56. The van der Waals surface area contributed by atoms with Gasteiger partial charge in [-0.25, -0.2) is 0 Å². The summed E-state index contributed by atoms with van der Waals surface area (Å²) in [6.45, 7) is 6.48. The minimum absolute atomic E-state index is 0. The van der Waals surface area contributed by atoms with Crippen molar-refractivity contribution in [3.05, 3.63) is 42.0 Å². The van der Waals surface area contributed by atoms with Crippen LogP contribution in [0.25, 0.3) is 0 Å². The van der Waals surface area contributed by atoms with Crippen molar-refractivity contribution < 1.29 is 4.74 Å². The number of aromatic nitrogens is 3. The molecule has 2 aliphatic rings. The van der Waals surface area contributed by atoms with E-state index >= 15 is 0 Å². The topological polar surface area (TPSA) is 76.4 Å². The van der Waals surface area contributed by atoms with E-state index in [2.05, 4.69) is 63.5 Å². The van der Waals surface area contributed by atoms with Gasteiger partial charge in [0, 0.05) is 31.5 Å². The van der Waals surface area contributed by atoms with Gasteiger partial charge in [0.2, 0.25) is 0 Å². The second-order valence-corrected chi connectivity index (χ2v) is 7.99. The van der Waals surface area contributed by atoms with E-state index in [1.54, 1.807) is 6.33 Å². The summed E-state index contributed by atoms with van der Waals surface area (Å²) >= 11 is 0. The molecule has 164 valence electrons. The molecule has 2 N–H and O–H groups in total. The molecule has 1 aliphatic carbocycles. The molecule has 1 aromatic heterocycles. The van der Waals surface area contributed by atoms with E-state index in [1.807, 2.05) is 0 Å². The first kappa shape index (κ1) is 22.8. The Bertz CT molecular complexity index is 846. The summed E-state index contributed by atoms with van der Waals surface area (Å²) in [6.07, 6.45) is 8.43. The minimum Gasteiger partial charge on any atom is -0.487 e.